The first-order chi connectivity index (χ1) is 6.42. The van der Waals surface area contributed by atoms with Crippen molar-refractivity contribution in [1.29, 1.82) is 0 Å². The van der Waals surface area contributed by atoms with Crippen LogP contribution in [0.25, 0.3) is 0 Å². The predicted molar refractivity (Wildman–Crippen MR) is 47.9 cm³/mol. The lowest BCUT2D eigenvalue weighted by Gasteiger charge is -2.25. The van der Waals surface area contributed by atoms with Gasteiger partial charge in [0.15, 0.2) is 6.86 Å². The van der Waals surface area contributed by atoms with E-state index in [-0.39, 0.29) is 6.23 Å². The maximum atomic E-state index is 12.0. The van der Waals surface area contributed by atoms with Gasteiger partial charge in [-0.3, -0.25) is 5.32 Å². The Morgan fingerprint density at radius 3 is 3.15 bits per heavy atom. The molecule has 1 N–H and O–H groups in total. The van der Waals surface area contributed by atoms with E-state index in [0.717, 1.165) is 18.5 Å². The topological polar surface area (TPSA) is 21.3 Å². The fraction of sp³-hybridized carbons (Fsp3) is 0.400. The van der Waals surface area contributed by atoms with Crippen molar-refractivity contribution in [2.75, 3.05) is 13.4 Å². The second-order valence-electron chi connectivity index (χ2n) is 3.06. The Morgan fingerprint density at radius 1 is 1.46 bits per heavy atom. The molecule has 0 radical (unpaired) electrons. The fourth-order valence-electron chi connectivity index (χ4n) is 1.68. The summed E-state index contributed by atoms with van der Waals surface area (Å²) in [4.78, 5) is 0. The third-order valence-corrected chi connectivity index (χ3v) is 2.29. The van der Waals surface area contributed by atoms with Crippen LogP contribution in [-0.4, -0.2) is 13.4 Å². The highest BCUT2D eigenvalue weighted by molar-refractivity contribution is 5.30. The van der Waals surface area contributed by atoms with Crippen LogP contribution in [0, 0.1) is 0 Å². The standard InChI is InChI=1S/C10H12FNO/c11-7-13-10-9-4-2-1-3-8(9)5-6-12-10/h1-4,10,12H,5-7H2. The second kappa shape index (κ2) is 3.85. The highest BCUT2D eigenvalue weighted by atomic mass is 19.1. The number of halogens is 1. The van der Waals surface area contributed by atoms with Gasteiger partial charge in [-0.2, -0.15) is 0 Å². The Labute approximate surface area is 76.7 Å². The summed E-state index contributed by atoms with van der Waals surface area (Å²) in [6.07, 6.45) is 0.720. The summed E-state index contributed by atoms with van der Waals surface area (Å²) in [7, 11) is 0. The molecule has 2 rings (SSSR count). The van der Waals surface area contributed by atoms with Crippen molar-refractivity contribution < 1.29 is 9.13 Å². The number of hydrogen-bond acceptors (Lipinski definition) is 2. The molecule has 0 fully saturated rings. The highest BCUT2D eigenvalue weighted by Gasteiger charge is 2.18. The summed E-state index contributed by atoms with van der Waals surface area (Å²) in [6.45, 7) is 0.105. The first-order valence-corrected chi connectivity index (χ1v) is 4.40. The lowest BCUT2D eigenvalue weighted by atomic mass is 10.00. The van der Waals surface area contributed by atoms with Gasteiger partial charge in [0.05, 0.1) is 0 Å². The molecule has 0 bridgehead atoms. The summed E-state index contributed by atoms with van der Waals surface area (Å²) in [6, 6.07) is 7.98. The Hall–Kier alpha value is -0.930. The van der Waals surface area contributed by atoms with Crippen LogP contribution in [0.4, 0.5) is 4.39 Å². The molecule has 1 unspecified atom stereocenters. The molecule has 1 atom stereocenters. The summed E-state index contributed by atoms with van der Waals surface area (Å²) in [5, 5.41) is 3.11. The Bertz CT molecular complexity index is 290. The van der Waals surface area contributed by atoms with E-state index in [4.69, 9.17) is 4.74 Å². The van der Waals surface area contributed by atoms with Gasteiger partial charge in [-0.25, -0.2) is 4.39 Å². The smallest absolute Gasteiger partial charge is 0.190 e. The third-order valence-electron chi connectivity index (χ3n) is 2.29. The number of nitrogens with one attached hydrogen (secondary N) is 1. The summed E-state index contributed by atoms with van der Waals surface area (Å²) in [5.41, 5.74) is 2.31. The molecule has 0 amide bonds. The largest absolute Gasteiger partial charge is 0.328 e. The van der Waals surface area contributed by atoms with E-state index in [0.29, 0.717) is 0 Å². The van der Waals surface area contributed by atoms with Gasteiger partial charge in [-0.1, -0.05) is 24.3 Å². The van der Waals surface area contributed by atoms with Crippen molar-refractivity contribution in [3.05, 3.63) is 35.4 Å². The molecule has 0 saturated carbocycles. The van der Waals surface area contributed by atoms with E-state index >= 15 is 0 Å². The Kier molecular flexibility index (Phi) is 2.57. The van der Waals surface area contributed by atoms with E-state index < -0.39 is 6.86 Å². The molecule has 0 saturated heterocycles. The maximum absolute atomic E-state index is 12.0. The number of alkyl halides is 1. The van der Waals surface area contributed by atoms with Gasteiger partial charge >= 0.3 is 0 Å². The van der Waals surface area contributed by atoms with E-state index in [9.17, 15) is 4.39 Å². The van der Waals surface area contributed by atoms with Gasteiger partial charge in [0.25, 0.3) is 0 Å². The van der Waals surface area contributed by atoms with E-state index in [1.165, 1.54) is 5.56 Å². The van der Waals surface area contributed by atoms with Gasteiger partial charge in [0.2, 0.25) is 0 Å². The molecule has 1 aromatic rings. The van der Waals surface area contributed by atoms with Crippen molar-refractivity contribution in [2.24, 2.45) is 0 Å². The van der Waals surface area contributed by atoms with Crippen LogP contribution >= 0.6 is 0 Å². The normalized spacial score (nSPS) is 21.2. The van der Waals surface area contributed by atoms with Gasteiger partial charge in [-0.15, -0.1) is 0 Å². The quantitative estimate of drug-likeness (QED) is 0.750. The first-order valence-electron chi connectivity index (χ1n) is 4.40. The molecule has 1 aromatic carbocycles. The zero-order valence-electron chi connectivity index (χ0n) is 7.29. The Balaban J connectivity index is 2.26. The van der Waals surface area contributed by atoms with Gasteiger partial charge < -0.3 is 4.74 Å². The van der Waals surface area contributed by atoms with Crippen LogP contribution in [0.5, 0.6) is 0 Å². The van der Waals surface area contributed by atoms with Crippen LogP contribution in [0.3, 0.4) is 0 Å². The number of fused-ring (bicyclic) bond motifs is 1. The molecule has 13 heavy (non-hydrogen) atoms. The molecular weight excluding hydrogens is 169 g/mol. The summed E-state index contributed by atoms with van der Waals surface area (Å²) < 4.78 is 16.9. The Morgan fingerprint density at radius 2 is 2.31 bits per heavy atom. The van der Waals surface area contributed by atoms with Crippen molar-refractivity contribution in [3.63, 3.8) is 0 Å². The number of benzene rings is 1. The lowest BCUT2D eigenvalue weighted by molar-refractivity contribution is -0.0269. The summed E-state index contributed by atoms with van der Waals surface area (Å²) >= 11 is 0. The maximum Gasteiger partial charge on any atom is 0.190 e. The molecule has 1 aliphatic rings. The van der Waals surface area contributed by atoms with Crippen LogP contribution in [-0.2, 0) is 11.2 Å². The van der Waals surface area contributed by atoms with Crippen molar-refractivity contribution >= 4 is 0 Å². The van der Waals surface area contributed by atoms with E-state index in [1.807, 2.05) is 18.2 Å². The minimum Gasteiger partial charge on any atom is -0.328 e. The van der Waals surface area contributed by atoms with Crippen LogP contribution in [0.1, 0.15) is 17.4 Å². The van der Waals surface area contributed by atoms with Crippen molar-refractivity contribution in [3.8, 4) is 0 Å². The summed E-state index contributed by atoms with van der Waals surface area (Å²) in [5.74, 6) is 0. The van der Waals surface area contributed by atoms with E-state index in [2.05, 4.69) is 11.4 Å². The van der Waals surface area contributed by atoms with Crippen molar-refractivity contribution in [2.45, 2.75) is 12.6 Å². The third kappa shape index (κ3) is 1.71. The monoisotopic (exact) mass is 181 g/mol. The first kappa shape index (κ1) is 8.66. The second-order valence-corrected chi connectivity index (χ2v) is 3.06. The average Bonchev–Trinajstić information content (AvgIpc) is 2.19. The molecule has 3 heteroatoms. The molecular formula is C10H12FNO. The fourth-order valence-corrected chi connectivity index (χ4v) is 1.68. The van der Waals surface area contributed by atoms with E-state index in [1.54, 1.807) is 0 Å². The van der Waals surface area contributed by atoms with Crippen molar-refractivity contribution in [1.82, 2.24) is 5.32 Å². The minimum absolute atomic E-state index is 0.269. The molecule has 70 valence electrons. The van der Waals surface area contributed by atoms with Crippen LogP contribution < -0.4 is 5.32 Å². The molecule has 1 heterocycles. The average molecular weight is 181 g/mol. The molecule has 0 aromatic heterocycles. The van der Waals surface area contributed by atoms with Crippen LogP contribution in [0.2, 0.25) is 0 Å². The minimum atomic E-state index is -0.744. The molecule has 0 aliphatic carbocycles. The van der Waals surface area contributed by atoms with Crippen LogP contribution in [0.15, 0.2) is 24.3 Å². The zero-order valence-corrected chi connectivity index (χ0v) is 7.29. The number of ether oxygens (including phenoxy) is 1. The molecule has 1 aliphatic heterocycles. The lowest BCUT2D eigenvalue weighted by Crippen LogP contribution is -2.31. The molecule has 0 spiro atoms. The van der Waals surface area contributed by atoms with Gasteiger partial charge in [0.1, 0.15) is 6.23 Å². The van der Waals surface area contributed by atoms with Gasteiger partial charge in [0, 0.05) is 6.54 Å². The number of rotatable bonds is 2. The number of hydrogen-bond donors (Lipinski definition) is 1. The predicted octanol–water partition coefficient (Wildman–Crippen LogP) is 1.77. The van der Waals surface area contributed by atoms with Gasteiger partial charge in [-0.05, 0) is 17.5 Å². The molecule has 2 nitrogen and oxygen atoms in total. The SMILES string of the molecule is FCOC1NCCc2ccccc21. The highest BCUT2D eigenvalue weighted by Crippen LogP contribution is 2.23. The zero-order chi connectivity index (χ0) is 9.10.